The molecule has 0 radical (unpaired) electrons. The van der Waals surface area contributed by atoms with Crippen LogP contribution in [0.15, 0.2) is 29.6 Å². The summed E-state index contributed by atoms with van der Waals surface area (Å²) in [6.07, 6.45) is 1.64. The Balaban J connectivity index is 1.56. The van der Waals surface area contributed by atoms with E-state index in [1.54, 1.807) is 17.5 Å². The Morgan fingerprint density at radius 3 is 2.86 bits per heavy atom. The number of halogens is 1. The van der Waals surface area contributed by atoms with E-state index in [2.05, 4.69) is 9.69 Å². The van der Waals surface area contributed by atoms with Crippen LogP contribution in [-0.2, 0) is 0 Å². The normalized spacial score (nSPS) is 20.7. The van der Waals surface area contributed by atoms with Crippen molar-refractivity contribution in [3.63, 3.8) is 0 Å². The maximum absolute atomic E-state index is 13.7. The molecule has 1 N–H and O–H groups in total. The van der Waals surface area contributed by atoms with Crippen molar-refractivity contribution in [3.05, 3.63) is 46.7 Å². The van der Waals surface area contributed by atoms with Crippen LogP contribution < -0.4 is 10.1 Å². The Morgan fingerprint density at radius 2 is 2.24 bits per heavy atom. The molecule has 1 aromatic heterocycles. The van der Waals surface area contributed by atoms with Gasteiger partial charge in [0.2, 0.25) is 0 Å². The molecule has 1 amide bonds. The Morgan fingerprint density at radius 1 is 1.43 bits per heavy atom. The fraction of sp³-hybridized carbons (Fsp3) is 0.333. The van der Waals surface area contributed by atoms with Gasteiger partial charge in [-0.3, -0.25) is 4.79 Å². The van der Waals surface area contributed by atoms with Gasteiger partial charge in [-0.05, 0) is 54.1 Å². The summed E-state index contributed by atoms with van der Waals surface area (Å²) >= 11 is 1.26. The molecule has 3 rings (SSSR count). The van der Waals surface area contributed by atoms with Crippen molar-refractivity contribution in [1.82, 2.24) is 9.69 Å². The average Bonchev–Trinajstić information content (AvgIpc) is 2.96. The molecular weight excluding hydrogens is 291 g/mol. The first kappa shape index (κ1) is 14.0. The summed E-state index contributed by atoms with van der Waals surface area (Å²) in [5, 5.41) is 4.72. The van der Waals surface area contributed by atoms with Crippen LogP contribution in [0.4, 0.5) is 4.39 Å². The molecule has 0 saturated heterocycles. The highest BCUT2D eigenvalue weighted by molar-refractivity contribution is 7.03. The Labute approximate surface area is 126 Å². The van der Waals surface area contributed by atoms with Gasteiger partial charge in [0.15, 0.2) is 11.6 Å². The van der Waals surface area contributed by atoms with E-state index < -0.39 is 0 Å². The van der Waals surface area contributed by atoms with Gasteiger partial charge in [-0.15, -0.1) is 0 Å². The van der Waals surface area contributed by atoms with E-state index in [9.17, 15) is 9.18 Å². The number of benzene rings is 1. The number of nitrogens with one attached hydrogen (secondary N) is 1. The minimum Gasteiger partial charge on any atom is -0.494 e. The number of rotatable bonds is 4. The highest BCUT2D eigenvalue weighted by Crippen LogP contribution is 2.38. The first-order chi connectivity index (χ1) is 10.2. The molecule has 0 spiro atoms. The number of nitrogens with zero attached hydrogens (tertiary/aromatic N) is 1. The van der Waals surface area contributed by atoms with Crippen molar-refractivity contribution in [3.8, 4) is 5.75 Å². The number of methoxy groups -OCH3 is 1. The summed E-state index contributed by atoms with van der Waals surface area (Å²) < 4.78 is 22.6. The highest BCUT2D eigenvalue weighted by atomic mass is 32.1. The number of ether oxygens (including phenoxy) is 1. The maximum atomic E-state index is 13.7. The molecule has 2 aromatic rings. The molecule has 21 heavy (non-hydrogen) atoms. The SMILES string of the molecule is COc1ccc(C2CC(NC(=O)c3ccsn3)C2)cc1F. The minimum atomic E-state index is -0.343. The number of amides is 1. The van der Waals surface area contributed by atoms with Crippen molar-refractivity contribution >= 4 is 17.4 Å². The molecule has 1 aliphatic carbocycles. The molecule has 110 valence electrons. The van der Waals surface area contributed by atoms with E-state index in [1.165, 1.54) is 24.7 Å². The fourth-order valence-corrected chi connectivity index (χ4v) is 3.04. The second-order valence-electron chi connectivity index (χ2n) is 5.12. The molecule has 1 heterocycles. The summed E-state index contributed by atoms with van der Waals surface area (Å²) in [6.45, 7) is 0. The second kappa shape index (κ2) is 5.81. The van der Waals surface area contributed by atoms with Crippen LogP contribution in [0.25, 0.3) is 0 Å². The van der Waals surface area contributed by atoms with Crippen molar-refractivity contribution < 1.29 is 13.9 Å². The first-order valence-corrected chi connectivity index (χ1v) is 7.55. The summed E-state index contributed by atoms with van der Waals surface area (Å²) in [7, 11) is 1.45. The molecule has 1 aromatic carbocycles. The highest BCUT2D eigenvalue weighted by Gasteiger charge is 2.32. The number of hydrogen-bond acceptors (Lipinski definition) is 4. The van der Waals surface area contributed by atoms with E-state index in [0.717, 1.165) is 18.4 Å². The second-order valence-corrected chi connectivity index (χ2v) is 5.78. The molecule has 0 bridgehead atoms. The molecule has 1 fully saturated rings. The van der Waals surface area contributed by atoms with Gasteiger partial charge >= 0.3 is 0 Å². The van der Waals surface area contributed by atoms with Gasteiger partial charge < -0.3 is 10.1 Å². The van der Waals surface area contributed by atoms with Gasteiger partial charge in [-0.1, -0.05) is 6.07 Å². The molecule has 1 saturated carbocycles. The van der Waals surface area contributed by atoms with Crippen LogP contribution in [0.2, 0.25) is 0 Å². The minimum absolute atomic E-state index is 0.134. The summed E-state index contributed by atoms with van der Waals surface area (Å²) in [4.78, 5) is 11.8. The number of carbonyl (C=O) groups excluding carboxylic acids is 1. The maximum Gasteiger partial charge on any atom is 0.271 e. The summed E-state index contributed by atoms with van der Waals surface area (Å²) in [5.41, 5.74) is 1.41. The zero-order valence-corrected chi connectivity index (χ0v) is 12.3. The zero-order valence-electron chi connectivity index (χ0n) is 11.5. The molecule has 0 atom stereocenters. The van der Waals surface area contributed by atoms with Crippen LogP contribution in [0.5, 0.6) is 5.75 Å². The third-order valence-electron chi connectivity index (χ3n) is 3.79. The van der Waals surface area contributed by atoms with E-state index >= 15 is 0 Å². The van der Waals surface area contributed by atoms with Crippen molar-refractivity contribution in [2.45, 2.75) is 24.8 Å². The quantitative estimate of drug-likeness (QED) is 0.945. The lowest BCUT2D eigenvalue weighted by Crippen LogP contribution is -2.43. The fourth-order valence-electron chi connectivity index (χ4n) is 2.53. The number of hydrogen-bond donors (Lipinski definition) is 1. The summed E-state index contributed by atoms with van der Waals surface area (Å²) in [6, 6.07) is 6.88. The smallest absolute Gasteiger partial charge is 0.271 e. The van der Waals surface area contributed by atoms with Crippen molar-refractivity contribution in [2.75, 3.05) is 7.11 Å². The molecule has 0 aliphatic heterocycles. The largest absolute Gasteiger partial charge is 0.494 e. The Bertz CT molecular complexity index is 639. The lowest BCUT2D eigenvalue weighted by molar-refractivity contribution is 0.0905. The summed E-state index contributed by atoms with van der Waals surface area (Å²) in [5.74, 6) is 0.0585. The first-order valence-electron chi connectivity index (χ1n) is 6.72. The van der Waals surface area contributed by atoms with Crippen LogP contribution in [0.3, 0.4) is 0 Å². The van der Waals surface area contributed by atoms with Gasteiger partial charge in [0.1, 0.15) is 5.69 Å². The molecule has 4 nitrogen and oxygen atoms in total. The van der Waals surface area contributed by atoms with Crippen LogP contribution in [0, 0.1) is 5.82 Å². The van der Waals surface area contributed by atoms with Crippen molar-refractivity contribution in [2.24, 2.45) is 0 Å². The predicted molar refractivity (Wildman–Crippen MR) is 78.3 cm³/mol. The Hall–Kier alpha value is -1.95. The van der Waals surface area contributed by atoms with E-state index in [-0.39, 0.29) is 29.4 Å². The van der Waals surface area contributed by atoms with Gasteiger partial charge in [0, 0.05) is 11.4 Å². The lowest BCUT2D eigenvalue weighted by atomic mass is 9.76. The van der Waals surface area contributed by atoms with Crippen LogP contribution in [-0.4, -0.2) is 23.4 Å². The lowest BCUT2D eigenvalue weighted by Gasteiger charge is -2.36. The van der Waals surface area contributed by atoms with Gasteiger partial charge in [0.25, 0.3) is 5.91 Å². The molecular formula is C15H15FN2O2S. The van der Waals surface area contributed by atoms with E-state index in [0.29, 0.717) is 5.69 Å². The number of aromatic nitrogens is 1. The van der Waals surface area contributed by atoms with E-state index in [1.807, 2.05) is 6.07 Å². The number of carbonyl (C=O) groups is 1. The third-order valence-corrected chi connectivity index (χ3v) is 4.35. The average molecular weight is 306 g/mol. The van der Waals surface area contributed by atoms with Gasteiger partial charge in [0.05, 0.1) is 7.11 Å². The Kier molecular flexibility index (Phi) is 3.88. The van der Waals surface area contributed by atoms with Crippen LogP contribution >= 0.6 is 11.5 Å². The third kappa shape index (κ3) is 2.90. The standard InChI is InChI=1S/C15H15FN2O2S/c1-20-14-3-2-9(8-12(14)16)10-6-11(7-10)17-15(19)13-4-5-21-18-13/h2-5,8,10-11H,6-7H2,1H3,(H,17,19). The van der Waals surface area contributed by atoms with Crippen LogP contribution in [0.1, 0.15) is 34.8 Å². The van der Waals surface area contributed by atoms with Gasteiger partial charge in [-0.25, -0.2) is 4.39 Å². The monoisotopic (exact) mass is 306 g/mol. The van der Waals surface area contributed by atoms with Gasteiger partial charge in [-0.2, -0.15) is 4.37 Å². The zero-order chi connectivity index (χ0) is 14.8. The topological polar surface area (TPSA) is 51.2 Å². The molecule has 6 heteroatoms. The van der Waals surface area contributed by atoms with Crippen molar-refractivity contribution in [1.29, 1.82) is 0 Å². The van der Waals surface area contributed by atoms with E-state index in [4.69, 9.17) is 4.74 Å². The molecule has 1 aliphatic rings. The predicted octanol–water partition coefficient (Wildman–Crippen LogP) is 2.97. The molecule has 0 unspecified atom stereocenters.